The number of urea groups is 1. The van der Waals surface area contributed by atoms with E-state index in [1.165, 1.54) is 19.3 Å². The minimum absolute atomic E-state index is 0.0705. The number of aliphatic carboxylic acids is 1. The van der Waals surface area contributed by atoms with Crippen molar-refractivity contribution in [1.29, 1.82) is 0 Å². The van der Waals surface area contributed by atoms with Crippen molar-refractivity contribution >= 4 is 17.7 Å². The quantitative estimate of drug-likeness (QED) is 0.298. The second kappa shape index (κ2) is 13.8. The van der Waals surface area contributed by atoms with E-state index in [1.54, 1.807) is 0 Å². The van der Waals surface area contributed by atoms with Gasteiger partial charge in [-0.2, -0.15) is 0 Å². The zero-order valence-corrected chi connectivity index (χ0v) is 22.9. The first kappa shape index (κ1) is 28.1. The summed E-state index contributed by atoms with van der Waals surface area (Å²) in [5.74, 6) is -0.0634. The van der Waals surface area contributed by atoms with Gasteiger partial charge in [0.1, 0.15) is 0 Å². The van der Waals surface area contributed by atoms with Gasteiger partial charge >= 0.3 is 12.0 Å². The molecule has 7 heteroatoms. The standard InChI is InChI=1S/C31H43N3O4/c1-3-24(20-30(35)36)25-10-11-26(21-34(16-13-23-8-9-23)28-14-17-38-18-15-28)29(19-25)33-31(37)32-27-6-4-5-22(2)7-12-27/h5-7,10-12,19,23-24,28H,3-4,8-9,13-18,20-21H2,1-2H3,(H,35,36)(H2,32,33,37). The van der Waals surface area contributed by atoms with Gasteiger partial charge in [0, 0.05) is 37.2 Å². The number of carboxylic acid groups (broad SMARTS) is 1. The second-order valence-corrected chi connectivity index (χ2v) is 10.9. The Labute approximate surface area is 227 Å². The van der Waals surface area contributed by atoms with Crippen molar-refractivity contribution in [3.05, 3.63) is 64.9 Å². The molecule has 7 nitrogen and oxygen atoms in total. The molecule has 2 aliphatic carbocycles. The molecule has 3 N–H and O–H groups in total. The number of nitrogens with one attached hydrogen (secondary N) is 2. The van der Waals surface area contributed by atoms with Gasteiger partial charge in [-0.15, -0.1) is 0 Å². The van der Waals surface area contributed by atoms with E-state index in [9.17, 15) is 14.7 Å². The van der Waals surface area contributed by atoms with Crippen LogP contribution in [0.1, 0.15) is 82.3 Å². The molecule has 1 aliphatic heterocycles. The molecule has 1 unspecified atom stereocenters. The first-order valence-electron chi connectivity index (χ1n) is 14.2. The molecule has 2 amide bonds. The van der Waals surface area contributed by atoms with E-state index in [-0.39, 0.29) is 18.4 Å². The molecule has 4 rings (SSSR count). The molecule has 0 bridgehead atoms. The maximum Gasteiger partial charge on any atom is 0.323 e. The van der Waals surface area contributed by atoms with Crippen LogP contribution in [0.5, 0.6) is 0 Å². The van der Waals surface area contributed by atoms with Gasteiger partial charge in [-0.25, -0.2) is 4.79 Å². The summed E-state index contributed by atoms with van der Waals surface area (Å²) in [5, 5.41) is 15.5. The molecule has 0 spiro atoms. The van der Waals surface area contributed by atoms with E-state index in [0.29, 0.717) is 6.04 Å². The lowest BCUT2D eigenvalue weighted by molar-refractivity contribution is -0.137. The minimum atomic E-state index is -0.810. The number of rotatable bonds is 12. The van der Waals surface area contributed by atoms with E-state index in [2.05, 4.69) is 27.7 Å². The Balaban J connectivity index is 1.56. The van der Waals surface area contributed by atoms with Crippen LogP contribution in [0.25, 0.3) is 0 Å². The van der Waals surface area contributed by atoms with Crippen molar-refractivity contribution in [3.8, 4) is 0 Å². The van der Waals surface area contributed by atoms with Crippen LogP contribution in [0.15, 0.2) is 53.8 Å². The highest BCUT2D eigenvalue weighted by atomic mass is 16.5. The number of anilines is 1. The normalized spacial score (nSPS) is 18.9. The summed E-state index contributed by atoms with van der Waals surface area (Å²) < 4.78 is 5.63. The first-order valence-corrected chi connectivity index (χ1v) is 14.2. The SMILES string of the molecule is CCC(CC(=O)O)c1ccc(CN(CCC2CC2)C2CCOCC2)c(NC(=O)NC2=CCC=C(C)C=C2)c1. The number of benzene rings is 1. The first-order chi connectivity index (χ1) is 18.4. The molecule has 3 aliphatic rings. The van der Waals surface area contributed by atoms with Gasteiger partial charge in [0.15, 0.2) is 0 Å². The molecule has 38 heavy (non-hydrogen) atoms. The molecule has 2 fully saturated rings. The monoisotopic (exact) mass is 521 g/mol. The highest BCUT2D eigenvalue weighted by molar-refractivity contribution is 5.91. The number of hydrogen-bond acceptors (Lipinski definition) is 4. The fourth-order valence-corrected chi connectivity index (χ4v) is 5.33. The molecular weight excluding hydrogens is 478 g/mol. The fourth-order valence-electron chi connectivity index (χ4n) is 5.33. The van der Waals surface area contributed by atoms with Crippen LogP contribution in [0, 0.1) is 5.92 Å². The number of carboxylic acids is 1. The van der Waals surface area contributed by atoms with Crippen molar-refractivity contribution in [2.75, 3.05) is 25.1 Å². The number of amides is 2. The zero-order chi connectivity index (χ0) is 26.9. The van der Waals surface area contributed by atoms with Gasteiger partial charge in [-0.05, 0) is 80.7 Å². The maximum absolute atomic E-state index is 13.1. The van der Waals surface area contributed by atoms with E-state index < -0.39 is 5.97 Å². The van der Waals surface area contributed by atoms with Gasteiger partial charge in [0.25, 0.3) is 0 Å². The van der Waals surface area contributed by atoms with Gasteiger partial charge in [0.05, 0.1) is 6.42 Å². The van der Waals surface area contributed by atoms with Gasteiger partial charge < -0.3 is 20.5 Å². The minimum Gasteiger partial charge on any atom is -0.481 e. The average molecular weight is 522 g/mol. The highest BCUT2D eigenvalue weighted by Crippen LogP contribution is 2.34. The van der Waals surface area contributed by atoms with Gasteiger partial charge in [0.2, 0.25) is 0 Å². The smallest absolute Gasteiger partial charge is 0.323 e. The molecule has 1 heterocycles. The van der Waals surface area contributed by atoms with Gasteiger partial charge in [-0.1, -0.05) is 55.7 Å². The zero-order valence-electron chi connectivity index (χ0n) is 22.9. The molecule has 1 aromatic carbocycles. The summed E-state index contributed by atoms with van der Waals surface area (Å²) in [6, 6.07) is 6.29. The van der Waals surface area contributed by atoms with E-state index in [0.717, 1.165) is 86.0 Å². The van der Waals surface area contributed by atoms with Crippen LogP contribution in [-0.4, -0.2) is 47.8 Å². The summed E-state index contributed by atoms with van der Waals surface area (Å²) in [6.45, 7) is 7.42. The van der Waals surface area contributed by atoms with Gasteiger partial charge in [-0.3, -0.25) is 9.69 Å². The third-order valence-corrected chi connectivity index (χ3v) is 7.93. The van der Waals surface area contributed by atoms with E-state index >= 15 is 0 Å². The Morgan fingerprint density at radius 1 is 1.11 bits per heavy atom. The predicted octanol–water partition coefficient (Wildman–Crippen LogP) is 6.35. The van der Waals surface area contributed by atoms with Crippen LogP contribution < -0.4 is 10.6 Å². The van der Waals surface area contributed by atoms with Crippen LogP contribution in [0.4, 0.5) is 10.5 Å². The Hall–Kier alpha value is -2.90. The topological polar surface area (TPSA) is 90.9 Å². The molecule has 0 aromatic heterocycles. The maximum atomic E-state index is 13.1. The lowest BCUT2D eigenvalue weighted by Crippen LogP contribution is -2.40. The Morgan fingerprint density at radius 2 is 1.89 bits per heavy atom. The Bertz CT molecular complexity index is 1070. The predicted molar refractivity (Wildman–Crippen MR) is 151 cm³/mol. The molecule has 1 saturated heterocycles. The van der Waals surface area contributed by atoms with Crippen LogP contribution in [0.3, 0.4) is 0 Å². The third kappa shape index (κ3) is 8.57. The summed E-state index contributed by atoms with van der Waals surface area (Å²) in [4.78, 5) is 27.2. The van der Waals surface area contributed by atoms with Crippen molar-refractivity contribution < 1.29 is 19.4 Å². The highest BCUT2D eigenvalue weighted by Gasteiger charge is 2.27. The lowest BCUT2D eigenvalue weighted by atomic mass is 9.91. The molecule has 0 radical (unpaired) electrons. The molecule has 1 saturated carbocycles. The molecule has 1 aromatic rings. The molecular formula is C31H43N3O4. The van der Waals surface area contributed by atoms with E-state index in [1.807, 2.05) is 44.2 Å². The average Bonchev–Trinajstić information content (AvgIpc) is 3.75. The molecule has 206 valence electrons. The Morgan fingerprint density at radius 3 is 2.61 bits per heavy atom. The number of hydrogen-bond donors (Lipinski definition) is 3. The summed E-state index contributed by atoms with van der Waals surface area (Å²) in [7, 11) is 0. The number of allylic oxidation sites excluding steroid dienone is 5. The summed E-state index contributed by atoms with van der Waals surface area (Å²) >= 11 is 0. The third-order valence-electron chi connectivity index (χ3n) is 7.93. The number of carbonyl (C=O) groups is 2. The summed E-state index contributed by atoms with van der Waals surface area (Å²) in [6.07, 6.45) is 15.5. The lowest BCUT2D eigenvalue weighted by Gasteiger charge is -2.35. The number of ether oxygens (including phenoxy) is 1. The van der Waals surface area contributed by atoms with Crippen molar-refractivity contribution in [2.45, 2.75) is 83.7 Å². The number of carbonyl (C=O) groups excluding carboxylic acids is 1. The van der Waals surface area contributed by atoms with Crippen molar-refractivity contribution in [1.82, 2.24) is 10.2 Å². The van der Waals surface area contributed by atoms with Crippen molar-refractivity contribution in [2.24, 2.45) is 5.92 Å². The van der Waals surface area contributed by atoms with Crippen LogP contribution in [0.2, 0.25) is 0 Å². The fraction of sp³-hybridized carbons (Fsp3) is 0.548. The second-order valence-electron chi connectivity index (χ2n) is 10.9. The number of nitrogens with zero attached hydrogens (tertiary/aromatic N) is 1. The largest absolute Gasteiger partial charge is 0.481 e. The Kier molecular flexibility index (Phi) is 10.2. The van der Waals surface area contributed by atoms with E-state index in [4.69, 9.17) is 4.74 Å². The van der Waals surface area contributed by atoms with Crippen LogP contribution in [-0.2, 0) is 16.1 Å². The molecule has 1 atom stereocenters. The summed E-state index contributed by atoms with van der Waals surface area (Å²) in [5.41, 5.74) is 4.67. The van der Waals surface area contributed by atoms with Crippen molar-refractivity contribution in [3.63, 3.8) is 0 Å². The van der Waals surface area contributed by atoms with Crippen LogP contribution >= 0.6 is 0 Å².